The van der Waals surface area contributed by atoms with Crippen LogP contribution in [0, 0.1) is 11.2 Å². The molecule has 6 heteroatoms. The molecule has 0 unspecified atom stereocenters. The highest BCUT2D eigenvalue weighted by Crippen LogP contribution is 2.35. The number of hydrogen-bond donors (Lipinski definition) is 1. The van der Waals surface area contributed by atoms with E-state index in [2.05, 4.69) is 0 Å². The van der Waals surface area contributed by atoms with Gasteiger partial charge < -0.3 is 5.73 Å². The average molecular weight is 291 g/mol. The normalized spacial score (nSPS) is 12.6. The molecule has 1 aromatic rings. The fourth-order valence-electron chi connectivity index (χ4n) is 2.14. The van der Waals surface area contributed by atoms with Crippen molar-refractivity contribution in [3.8, 4) is 0 Å². The van der Waals surface area contributed by atoms with E-state index in [-0.39, 0.29) is 12.1 Å². The van der Waals surface area contributed by atoms with Gasteiger partial charge in [-0.25, -0.2) is 4.39 Å². The van der Waals surface area contributed by atoms with Gasteiger partial charge >= 0.3 is 6.18 Å². The molecule has 1 aromatic carbocycles. The van der Waals surface area contributed by atoms with Crippen LogP contribution in [0.2, 0.25) is 0 Å². The van der Waals surface area contributed by atoms with E-state index in [9.17, 15) is 22.4 Å². The first kappa shape index (κ1) is 16.6. The largest absolute Gasteiger partial charge is 0.419 e. The van der Waals surface area contributed by atoms with E-state index in [1.807, 2.05) is 0 Å². The van der Waals surface area contributed by atoms with Gasteiger partial charge in [0, 0.05) is 17.5 Å². The van der Waals surface area contributed by atoms with Crippen molar-refractivity contribution in [1.29, 1.82) is 0 Å². The van der Waals surface area contributed by atoms with E-state index >= 15 is 0 Å². The quantitative estimate of drug-likeness (QED) is 0.662. The number of carbonyl (C=O) groups excluding carboxylic acids is 1. The summed E-state index contributed by atoms with van der Waals surface area (Å²) in [6, 6.07) is 2.30. The minimum absolute atomic E-state index is 0.0392. The van der Waals surface area contributed by atoms with Gasteiger partial charge in [0.2, 0.25) is 0 Å². The Morgan fingerprint density at radius 3 is 2.15 bits per heavy atom. The van der Waals surface area contributed by atoms with Crippen molar-refractivity contribution >= 4 is 5.78 Å². The molecular weight excluding hydrogens is 274 g/mol. The molecule has 0 saturated heterocycles. The molecule has 0 spiro atoms. The lowest BCUT2D eigenvalue weighted by molar-refractivity contribution is -0.140. The van der Waals surface area contributed by atoms with Crippen molar-refractivity contribution < 1.29 is 22.4 Å². The van der Waals surface area contributed by atoms with E-state index in [1.54, 1.807) is 13.8 Å². The molecule has 0 saturated carbocycles. The lowest BCUT2D eigenvalue weighted by Crippen LogP contribution is -2.37. The summed E-state index contributed by atoms with van der Waals surface area (Å²) >= 11 is 0. The molecular formula is C14H17F4NO. The fourth-order valence-corrected chi connectivity index (χ4v) is 2.14. The van der Waals surface area contributed by atoms with E-state index in [4.69, 9.17) is 5.73 Å². The van der Waals surface area contributed by atoms with Crippen LogP contribution in [-0.2, 0) is 6.18 Å². The summed E-state index contributed by atoms with van der Waals surface area (Å²) in [5, 5.41) is 0. The van der Waals surface area contributed by atoms with Crippen LogP contribution in [0.5, 0.6) is 0 Å². The third kappa shape index (κ3) is 3.00. The van der Waals surface area contributed by atoms with Gasteiger partial charge in [0.25, 0.3) is 0 Å². The molecule has 20 heavy (non-hydrogen) atoms. The minimum Gasteiger partial charge on any atom is -0.329 e. The molecule has 0 aliphatic rings. The summed E-state index contributed by atoms with van der Waals surface area (Å²) < 4.78 is 51.2. The molecule has 1 rings (SSSR count). The highest BCUT2D eigenvalue weighted by atomic mass is 19.4. The molecule has 0 bridgehead atoms. The average Bonchev–Trinajstić information content (AvgIpc) is 2.40. The zero-order valence-electron chi connectivity index (χ0n) is 11.4. The van der Waals surface area contributed by atoms with Crippen molar-refractivity contribution in [2.45, 2.75) is 32.9 Å². The molecule has 2 N–H and O–H groups in total. The van der Waals surface area contributed by atoms with Gasteiger partial charge in [0.15, 0.2) is 5.78 Å². The van der Waals surface area contributed by atoms with Gasteiger partial charge in [0.1, 0.15) is 5.82 Å². The first-order chi connectivity index (χ1) is 9.21. The van der Waals surface area contributed by atoms with Crippen LogP contribution in [-0.4, -0.2) is 12.3 Å². The van der Waals surface area contributed by atoms with Crippen molar-refractivity contribution in [2.75, 3.05) is 6.54 Å². The Morgan fingerprint density at radius 1 is 1.20 bits per heavy atom. The summed E-state index contributed by atoms with van der Waals surface area (Å²) in [7, 11) is 0. The fraction of sp³-hybridized carbons (Fsp3) is 0.500. The number of Topliss-reactive ketones (excluding diaryl/α,β-unsaturated/α-hetero) is 1. The Morgan fingerprint density at radius 2 is 1.75 bits per heavy atom. The van der Waals surface area contributed by atoms with Gasteiger partial charge in [-0.2, -0.15) is 13.2 Å². The van der Waals surface area contributed by atoms with Crippen molar-refractivity contribution in [3.05, 3.63) is 35.1 Å². The van der Waals surface area contributed by atoms with Crippen LogP contribution < -0.4 is 5.73 Å². The summed E-state index contributed by atoms with van der Waals surface area (Å²) in [6.07, 6.45) is -4.00. The maximum Gasteiger partial charge on any atom is 0.419 e. The van der Waals surface area contributed by atoms with Gasteiger partial charge in [0.05, 0.1) is 5.56 Å². The number of ketones is 1. The molecule has 0 aromatic heterocycles. The van der Waals surface area contributed by atoms with Crippen molar-refractivity contribution in [3.63, 3.8) is 0 Å². The third-order valence-electron chi connectivity index (χ3n) is 3.76. The molecule has 0 radical (unpaired) electrons. The monoisotopic (exact) mass is 291 g/mol. The number of alkyl halides is 3. The number of rotatable bonds is 5. The van der Waals surface area contributed by atoms with Crippen molar-refractivity contribution in [1.82, 2.24) is 0 Å². The van der Waals surface area contributed by atoms with Crippen LogP contribution in [0.3, 0.4) is 0 Å². The smallest absolute Gasteiger partial charge is 0.329 e. The van der Waals surface area contributed by atoms with Crippen LogP contribution in [0.1, 0.15) is 42.6 Å². The highest BCUT2D eigenvalue weighted by molar-refractivity contribution is 6.00. The lowest BCUT2D eigenvalue weighted by Gasteiger charge is -2.28. The second-order valence-corrected chi connectivity index (χ2v) is 4.71. The highest BCUT2D eigenvalue weighted by Gasteiger charge is 2.38. The Balaban J connectivity index is 3.31. The second-order valence-electron chi connectivity index (χ2n) is 4.71. The van der Waals surface area contributed by atoms with Crippen LogP contribution >= 0.6 is 0 Å². The lowest BCUT2D eigenvalue weighted by atomic mass is 9.75. The Kier molecular flexibility index (Phi) is 4.91. The first-order valence-corrected chi connectivity index (χ1v) is 6.33. The van der Waals surface area contributed by atoms with Gasteiger partial charge in [-0.1, -0.05) is 13.8 Å². The molecule has 0 heterocycles. The van der Waals surface area contributed by atoms with E-state index in [0.717, 1.165) is 6.07 Å². The molecule has 2 nitrogen and oxygen atoms in total. The molecule has 0 aliphatic heterocycles. The molecule has 0 aliphatic carbocycles. The maximum atomic E-state index is 13.2. The minimum atomic E-state index is -4.83. The maximum absolute atomic E-state index is 13.2. The zero-order valence-corrected chi connectivity index (χ0v) is 11.4. The molecule has 0 atom stereocenters. The third-order valence-corrected chi connectivity index (χ3v) is 3.76. The van der Waals surface area contributed by atoms with Gasteiger partial charge in [-0.3, -0.25) is 4.79 Å². The second kappa shape index (κ2) is 5.91. The summed E-state index contributed by atoms with van der Waals surface area (Å²) in [6.45, 7) is 3.54. The predicted molar refractivity (Wildman–Crippen MR) is 67.8 cm³/mol. The Hall–Kier alpha value is -1.43. The standard InChI is InChI=1S/C14H17F4NO/c1-3-13(4-2,8-19)12(20)9-5-6-11(15)10(7-9)14(16,17)18/h5-7H,3-4,8,19H2,1-2H3. The SMILES string of the molecule is CCC(CC)(CN)C(=O)c1ccc(F)c(C(F)(F)F)c1. The van der Waals surface area contributed by atoms with E-state index in [1.165, 1.54) is 0 Å². The topological polar surface area (TPSA) is 43.1 Å². The number of benzene rings is 1. The Bertz CT molecular complexity index is 484. The van der Waals surface area contributed by atoms with E-state index in [0.29, 0.717) is 25.0 Å². The number of nitrogens with two attached hydrogens (primary N) is 1. The predicted octanol–water partition coefficient (Wildman–Crippen LogP) is 3.79. The first-order valence-electron chi connectivity index (χ1n) is 6.33. The zero-order chi connectivity index (χ0) is 15.6. The van der Waals surface area contributed by atoms with Crippen molar-refractivity contribution in [2.24, 2.45) is 11.1 Å². The number of halogens is 4. The van der Waals surface area contributed by atoms with Gasteiger partial charge in [-0.15, -0.1) is 0 Å². The van der Waals surface area contributed by atoms with Crippen LogP contribution in [0.25, 0.3) is 0 Å². The van der Waals surface area contributed by atoms with Gasteiger partial charge in [-0.05, 0) is 31.0 Å². The number of hydrogen-bond acceptors (Lipinski definition) is 2. The molecule has 0 amide bonds. The Labute approximate surface area is 115 Å². The van der Waals surface area contributed by atoms with Crippen LogP contribution in [0.4, 0.5) is 17.6 Å². The summed E-state index contributed by atoms with van der Waals surface area (Å²) in [5.74, 6) is -1.86. The van der Waals surface area contributed by atoms with E-state index < -0.39 is 28.8 Å². The summed E-state index contributed by atoms with van der Waals surface area (Å²) in [5.41, 5.74) is 3.11. The van der Waals surface area contributed by atoms with Crippen LogP contribution in [0.15, 0.2) is 18.2 Å². The summed E-state index contributed by atoms with van der Waals surface area (Å²) in [4.78, 5) is 12.4. The number of carbonyl (C=O) groups is 1. The molecule has 112 valence electrons. The molecule has 0 fully saturated rings.